The van der Waals surface area contributed by atoms with Crippen LogP contribution < -0.4 is 10.6 Å². The van der Waals surface area contributed by atoms with E-state index in [1.165, 1.54) is 0 Å². The Kier molecular flexibility index (Phi) is 4.50. The lowest BCUT2D eigenvalue weighted by Crippen LogP contribution is -2.02. The van der Waals surface area contributed by atoms with E-state index in [1.54, 1.807) is 13.2 Å². The summed E-state index contributed by atoms with van der Waals surface area (Å²) in [5.41, 5.74) is 1.60. The lowest BCUT2D eigenvalue weighted by Gasteiger charge is -2.12. The van der Waals surface area contributed by atoms with E-state index >= 15 is 0 Å². The van der Waals surface area contributed by atoms with Crippen molar-refractivity contribution in [3.05, 3.63) is 38.4 Å². The zero-order chi connectivity index (χ0) is 14.0. The second-order valence-corrected chi connectivity index (χ2v) is 5.43. The summed E-state index contributed by atoms with van der Waals surface area (Å²) in [4.78, 5) is 8.46. The van der Waals surface area contributed by atoms with Crippen LogP contribution in [-0.4, -0.2) is 17.0 Å². The third-order valence-corrected chi connectivity index (χ3v) is 4.25. The fourth-order valence-electron chi connectivity index (χ4n) is 1.44. The average molecular weight is 362 g/mol. The number of aromatic nitrogens is 2. The smallest absolute Gasteiger partial charge is 0.224 e. The van der Waals surface area contributed by atoms with Crippen LogP contribution in [0.4, 0.5) is 17.5 Å². The van der Waals surface area contributed by atoms with Crippen LogP contribution in [0.1, 0.15) is 5.56 Å². The van der Waals surface area contributed by atoms with Gasteiger partial charge in [-0.25, -0.2) is 4.98 Å². The quantitative estimate of drug-likeness (QED) is 0.782. The highest BCUT2D eigenvalue weighted by Crippen LogP contribution is 2.37. The first kappa shape index (κ1) is 14.4. The summed E-state index contributed by atoms with van der Waals surface area (Å²) in [7, 11) is 1.76. The molecule has 0 aliphatic rings. The largest absolute Gasteiger partial charge is 0.357 e. The molecule has 0 radical (unpaired) electrons. The standard InChI is InChI=1S/C12H11BrCl2N4/c1-6-5-17-12(16-2)19-11(6)18-8-4-3-7(13)9(14)10(8)15/h3-5H,1-2H3,(H2,16,17,18,19). The monoisotopic (exact) mass is 360 g/mol. The van der Waals surface area contributed by atoms with Gasteiger partial charge in [0.1, 0.15) is 5.82 Å². The maximum absolute atomic E-state index is 6.19. The van der Waals surface area contributed by atoms with Gasteiger partial charge in [0.2, 0.25) is 5.95 Å². The Morgan fingerprint density at radius 3 is 2.63 bits per heavy atom. The minimum Gasteiger partial charge on any atom is -0.357 e. The topological polar surface area (TPSA) is 49.8 Å². The highest BCUT2D eigenvalue weighted by Gasteiger charge is 2.10. The minimum atomic E-state index is 0.445. The average Bonchev–Trinajstić information content (AvgIpc) is 2.41. The van der Waals surface area contributed by atoms with Gasteiger partial charge in [-0.15, -0.1) is 0 Å². The molecular weight excluding hydrogens is 351 g/mol. The van der Waals surface area contributed by atoms with Crippen molar-refractivity contribution in [3.63, 3.8) is 0 Å². The predicted molar refractivity (Wildman–Crippen MR) is 83.8 cm³/mol. The molecule has 1 heterocycles. The van der Waals surface area contributed by atoms with E-state index in [1.807, 2.05) is 19.1 Å². The molecule has 100 valence electrons. The molecule has 0 saturated heterocycles. The molecule has 1 aromatic carbocycles. The highest BCUT2D eigenvalue weighted by atomic mass is 79.9. The Morgan fingerprint density at radius 1 is 1.21 bits per heavy atom. The summed E-state index contributed by atoms with van der Waals surface area (Å²) in [5, 5.41) is 6.95. The third kappa shape index (κ3) is 3.11. The number of hydrogen-bond acceptors (Lipinski definition) is 4. The summed E-state index contributed by atoms with van der Waals surface area (Å²) in [5.74, 6) is 1.21. The van der Waals surface area contributed by atoms with Crippen LogP contribution in [0, 0.1) is 6.92 Å². The van der Waals surface area contributed by atoms with E-state index in [0.29, 0.717) is 27.5 Å². The third-order valence-electron chi connectivity index (χ3n) is 2.48. The molecule has 0 unspecified atom stereocenters. The van der Waals surface area contributed by atoms with E-state index in [0.717, 1.165) is 10.0 Å². The maximum Gasteiger partial charge on any atom is 0.224 e. The summed E-state index contributed by atoms with van der Waals surface area (Å²) < 4.78 is 0.750. The second kappa shape index (κ2) is 5.94. The van der Waals surface area contributed by atoms with Crippen molar-refractivity contribution in [1.29, 1.82) is 0 Å². The van der Waals surface area contributed by atoms with Crippen LogP contribution in [0.5, 0.6) is 0 Å². The van der Waals surface area contributed by atoms with Crippen LogP contribution >= 0.6 is 39.1 Å². The van der Waals surface area contributed by atoms with Crippen LogP contribution in [0.25, 0.3) is 0 Å². The first-order valence-electron chi connectivity index (χ1n) is 5.45. The van der Waals surface area contributed by atoms with Crippen molar-refractivity contribution in [2.75, 3.05) is 17.7 Å². The summed E-state index contributed by atoms with van der Waals surface area (Å²) in [6, 6.07) is 3.66. The summed E-state index contributed by atoms with van der Waals surface area (Å²) in [6.07, 6.45) is 1.73. The van der Waals surface area contributed by atoms with Gasteiger partial charge in [0.15, 0.2) is 0 Å². The van der Waals surface area contributed by atoms with Crippen molar-refractivity contribution >= 4 is 56.6 Å². The molecule has 0 bridgehead atoms. The van der Waals surface area contributed by atoms with Crippen molar-refractivity contribution in [2.24, 2.45) is 0 Å². The first-order chi connectivity index (χ1) is 9.02. The normalized spacial score (nSPS) is 10.4. The molecule has 0 atom stereocenters. The molecule has 0 aliphatic carbocycles. The molecule has 7 heteroatoms. The van der Waals surface area contributed by atoms with Gasteiger partial charge < -0.3 is 10.6 Å². The molecule has 2 rings (SSSR count). The van der Waals surface area contributed by atoms with Gasteiger partial charge in [0, 0.05) is 23.3 Å². The molecule has 1 aromatic heterocycles. The van der Waals surface area contributed by atoms with E-state index in [4.69, 9.17) is 23.2 Å². The van der Waals surface area contributed by atoms with E-state index in [2.05, 4.69) is 36.5 Å². The fraction of sp³-hybridized carbons (Fsp3) is 0.167. The molecule has 0 saturated carbocycles. The molecule has 0 fully saturated rings. The number of halogens is 3. The Bertz CT molecular complexity index is 619. The molecule has 19 heavy (non-hydrogen) atoms. The van der Waals surface area contributed by atoms with Gasteiger partial charge >= 0.3 is 0 Å². The van der Waals surface area contributed by atoms with E-state index in [-0.39, 0.29) is 0 Å². The highest BCUT2D eigenvalue weighted by molar-refractivity contribution is 9.10. The molecule has 2 aromatic rings. The van der Waals surface area contributed by atoms with Gasteiger partial charge in [-0.3, -0.25) is 0 Å². The zero-order valence-corrected chi connectivity index (χ0v) is 13.4. The Labute approximate surface area is 129 Å². The maximum atomic E-state index is 6.19. The van der Waals surface area contributed by atoms with Crippen LogP contribution in [0.15, 0.2) is 22.8 Å². The van der Waals surface area contributed by atoms with Crippen molar-refractivity contribution in [2.45, 2.75) is 6.92 Å². The van der Waals surface area contributed by atoms with Gasteiger partial charge in [0.25, 0.3) is 0 Å². The number of nitrogens with zero attached hydrogens (tertiary/aromatic N) is 2. The molecule has 4 nitrogen and oxygen atoms in total. The van der Waals surface area contributed by atoms with E-state index < -0.39 is 0 Å². The van der Waals surface area contributed by atoms with Crippen molar-refractivity contribution < 1.29 is 0 Å². The second-order valence-electron chi connectivity index (χ2n) is 3.82. The lowest BCUT2D eigenvalue weighted by atomic mass is 10.3. The SMILES string of the molecule is CNc1ncc(C)c(Nc2ccc(Br)c(Cl)c2Cl)n1. The summed E-state index contributed by atoms with van der Waals surface area (Å²) >= 11 is 15.6. The summed E-state index contributed by atoms with van der Waals surface area (Å²) in [6.45, 7) is 1.91. The zero-order valence-electron chi connectivity index (χ0n) is 10.3. The van der Waals surface area contributed by atoms with Gasteiger partial charge in [-0.1, -0.05) is 23.2 Å². The molecule has 0 amide bonds. The van der Waals surface area contributed by atoms with Gasteiger partial charge in [0.05, 0.1) is 15.7 Å². The number of hydrogen-bond donors (Lipinski definition) is 2. The van der Waals surface area contributed by atoms with Crippen LogP contribution in [0.2, 0.25) is 10.0 Å². The molecular formula is C12H11BrCl2N4. The molecule has 0 aliphatic heterocycles. The Morgan fingerprint density at radius 2 is 1.95 bits per heavy atom. The number of rotatable bonds is 3. The first-order valence-corrected chi connectivity index (χ1v) is 6.99. The Balaban J connectivity index is 2.39. The number of nitrogens with one attached hydrogen (secondary N) is 2. The van der Waals surface area contributed by atoms with Crippen molar-refractivity contribution in [1.82, 2.24) is 9.97 Å². The predicted octanol–water partition coefficient (Wildman–Crippen LogP) is 4.64. The van der Waals surface area contributed by atoms with Gasteiger partial charge in [-0.05, 0) is 35.0 Å². The van der Waals surface area contributed by atoms with Gasteiger partial charge in [-0.2, -0.15) is 4.98 Å². The lowest BCUT2D eigenvalue weighted by molar-refractivity contribution is 1.12. The number of anilines is 3. The number of aryl methyl sites for hydroxylation is 1. The van der Waals surface area contributed by atoms with Crippen LogP contribution in [0.3, 0.4) is 0 Å². The van der Waals surface area contributed by atoms with E-state index in [9.17, 15) is 0 Å². The minimum absolute atomic E-state index is 0.445. The fourth-order valence-corrected chi connectivity index (χ4v) is 2.26. The molecule has 0 spiro atoms. The van der Waals surface area contributed by atoms with Crippen molar-refractivity contribution in [3.8, 4) is 0 Å². The van der Waals surface area contributed by atoms with Crippen LogP contribution in [-0.2, 0) is 0 Å². The Hall–Kier alpha value is -1.04. The molecule has 2 N–H and O–H groups in total. The number of benzene rings is 1.